The molecule has 0 spiro atoms. The predicted molar refractivity (Wildman–Crippen MR) is 100 cm³/mol. The second-order valence-corrected chi connectivity index (χ2v) is 6.62. The molecule has 0 radical (unpaired) electrons. The molecule has 0 bridgehead atoms. The van der Waals surface area contributed by atoms with E-state index in [2.05, 4.69) is 16.0 Å². The van der Waals surface area contributed by atoms with Crippen LogP contribution in [0.3, 0.4) is 0 Å². The second-order valence-electron chi connectivity index (χ2n) is 6.62. The van der Waals surface area contributed by atoms with E-state index in [0.717, 1.165) is 18.0 Å². The Bertz CT molecular complexity index is 646. The lowest BCUT2D eigenvalue weighted by Crippen LogP contribution is -2.49. The minimum absolute atomic E-state index is 0. The third kappa shape index (κ3) is 6.00. The van der Waals surface area contributed by atoms with Crippen molar-refractivity contribution < 1.29 is 14.4 Å². The zero-order valence-electron chi connectivity index (χ0n) is 14.6. The summed E-state index contributed by atoms with van der Waals surface area (Å²) in [6.45, 7) is 2.80. The Morgan fingerprint density at radius 1 is 1.19 bits per heavy atom. The van der Waals surface area contributed by atoms with Crippen LogP contribution in [-0.4, -0.2) is 55.3 Å². The predicted octanol–water partition coefficient (Wildman–Crippen LogP) is 0.296. The molecule has 0 aromatic heterocycles. The molecule has 1 heterocycles. The van der Waals surface area contributed by atoms with Gasteiger partial charge in [0, 0.05) is 25.2 Å². The van der Waals surface area contributed by atoms with Crippen LogP contribution in [0.1, 0.15) is 28.8 Å². The Kier molecular flexibility index (Phi) is 7.41. The van der Waals surface area contributed by atoms with Crippen molar-refractivity contribution in [3.05, 3.63) is 35.4 Å². The fraction of sp³-hybridized carbons (Fsp3) is 0.500. The van der Waals surface area contributed by atoms with Gasteiger partial charge in [-0.15, -0.1) is 12.4 Å². The molecule has 3 amide bonds. The van der Waals surface area contributed by atoms with Gasteiger partial charge < -0.3 is 20.9 Å². The van der Waals surface area contributed by atoms with Gasteiger partial charge >= 0.3 is 0 Å². The Balaban J connectivity index is 0.00000243. The largest absolute Gasteiger partial charge is 0.353 e. The summed E-state index contributed by atoms with van der Waals surface area (Å²) in [7, 11) is 0. The summed E-state index contributed by atoms with van der Waals surface area (Å²) >= 11 is 0. The van der Waals surface area contributed by atoms with Gasteiger partial charge in [0.25, 0.3) is 5.91 Å². The summed E-state index contributed by atoms with van der Waals surface area (Å²) in [6, 6.07) is 7.13. The number of amides is 3. The zero-order valence-corrected chi connectivity index (χ0v) is 15.4. The van der Waals surface area contributed by atoms with Gasteiger partial charge in [-0.2, -0.15) is 0 Å². The van der Waals surface area contributed by atoms with E-state index in [4.69, 9.17) is 0 Å². The standard InChI is InChI=1S/C18H24N4O3.ClH/c23-16(11-19-9-13-1-2-13)21-10-14-3-5-15(6-4-14)18(25)22-8-7-20-17(24)12-22;/h3-6,13,19H,1-2,7-12H2,(H,20,24)(H,21,23);1H. The minimum Gasteiger partial charge on any atom is -0.353 e. The highest BCUT2D eigenvalue weighted by molar-refractivity contribution is 5.97. The molecular weight excluding hydrogens is 356 g/mol. The molecule has 142 valence electrons. The first-order valence-corrected chi connectivity index (χ1v) is 8.74. The molecule has 1 aromatic rings. The van der Waals surface area contributed by atoms with E-state index in [0.29, 0.717) is 31.7 Å². The van der Waals surface area contributed by atoms with Crippen LogP contribution in [0.15, 0.2) is 24.3 Å². The van der Waals surface area contributed by atoms with Crippen molar-refractivity contribution in [2.24, 2.45) is 5.92 Å². The van der Waals surface area contributed by atoms with Gasteiger partial charge in [-0.1, -0.05) is 12.1 Å². The average molecular weight is 381 g/mol. The van der Waals surface area contributed by atoms with Crippen molar-refractivity contribution in [3.63, 3.8) is 0 Å². The van der Waals surface area contributed by atoms with Crippen LogP contribution in [0.25, 0.3) is 0 Å². The Hall–Kier alpha value is -2.12. The number of nitrogens with zero attached hydrogens (tertiary/aromatic N) is 1. The van der Waals surface area contributed by atoms with Crippen molar-refractivity contribution >= 4 is 30.1 Å². The molecule has 7 nitrogen and oxygen atoms in total. The highest BCUT2D eigenvalue weighted by Gasteiger charge is 2.22. The van der Waals surface area contributed by atoms with Crippen LogP contribution in [0, 0.1) is 5.92 Å². The molecule has 26 heavy (non-hydrogen) atoms. The SMILES string of the molecule is Cl.O=C(CNCC1CC1)NCc1ccc(C(=O)N2CCNC(=O)C2)cc1. The summed E-state index contributed by atoms with van der Waals surface area (Å²) in [5.41, 5.74) is 1.49. The lowest BCUT2D eigenvalue weighted by Gasteiger charge is -2.26. The Morgan fingerprint density at radius 2 is 1.92 bits per heavy atom. The number of rotatable bonds is 7. The lowest BCUT2D eigenvalue weighted by atomic mass is 10.1. The fourth-order valence-corrected chi connectivity index (χ4v) is 2.73. The molecule has 0 unspecified atom stereocenters. The molecule has 1 aliphatic carbocycles. The number of hydrogen-bond donors (Lipinski definition) is 3. The first-order chi connectivity index (χ1) is 12.1. The van der Waals surface area contributed by atoms with Crippen molar-refractivity contribution in [2.45, 2.75) is 19.4 Å². The third-order valence-corrected chi connectivity index (χ3v) is 4.43. The van der Waals surface area contributed by atoms with E-state index in [1.165, 1.54) is 12.8 Å². The van der Waals surface area contributed by atoms with Gasteiger partial charge in [-0.3, -0.25) is 14.4 Å². The van der Waals surface area contributed by atoms with E-state index < -0.39 is 0 Å². The maximum Gasteiger partial charge on any atom is 0.254 e. The van der Waals surface area contributed by atoms with Crippen LogP contribution in [0.5, 0.6) is 0 Å². The summed E-state index contributed by atoms with van der Waals surface area (Å²) in [5, 5.41) is 8.71. The van der Waals surface area contributed by atoms with Crippen molar-refractivity contribution in [2.75, 3.05) is 32.7 Å². The molecule has 1 saturated carbocycles. The molecule has 2 aliphatic rings. The van der Waals surface area contributed by atoms with Gasteiger partial charge in [-0.05, 0) is 43.0 Å². The molecule has 3 N–H and O–H groups in total. The monoisotopic (exact) mass is 380 g/mol. The van der Waals surface area contributed by atoms with Crippen LogP contribution in [-0.2, 0) is 16.1 Å². The summed E-state index contributed by atoms with van der Waals surface area (Å²) < 4.78 is 0. The van der Waals surface area contributed by atoms with E-state index in [1.807, 2.05) is 12.1 Å². The van der Waals surface area contributed by atoms with Crippen LogP contribution < -0.4 is 16.0 Å². The molecule has 1 saturated heterocycles. The first kappa shape index (κ1) is 20.2. The summed E-state index contributed by atoms with van der Waals surface area (Å²) in [6.07, 6.45) is 2.53. The molecule has 1 aliphatic heterocycles. The van der Waals surface area contributed by atoms with Gasteiger partial charge in [-0.25, -0.2) is 0 Å². The number of carbonyl (C=O) groups excluding carboxylic acids is 3. The zero-order chi connectivity index (χ0) is 17.6. The molecule has 1 aromatic carbocycles. The number of carbonyl (C=O) groups is 3. The number of benzene rings is 1. The maximum atomic E-state index is 12.4. The first-order valence-electron chi connectivity index (χ1n) is 8.74. The Labute approximate surface area is 159 Å². The van der Waals surface area contributed by atoms with E-state index in [1.54, 1.807) is 17.0 Å². The molecule has 8 heteroatoms. The van der Waals surface area contributed by atoms with Gasteiger partial charge in [0.1, 0.15) is 0 Å². The number of halogens is 1. The van der Waals surface area contributed by atoms with Crippen molar-refractivity contribution in [3.8, 4) is 0 Å². The van der Waals surface area contributed by atoms with Gasteiger partial charge in [0.2, 0.25) is 11.8 Å². The molecular formula is C18H25ClN4O3. The molecule has 0 atom stereocenters. The smallest absolute Gasteiger partial charge is 0.254 e. The number of hydrogen-bond acceptors (Lipinski definition) is 4. The van der Waals surface area contributed by atoms with Gasteiger partial charge in [0.05, 0.1) is 13.1 Å². The normalized spacial score (nSPS) is 16.5. The second kappa shape index (κ2) is 9.54. The number of nitrogens with one attached hydrogen (secondary N) is 3. The summed E-state index contributed by atoms with van der Waals surface area (Å²) in [4.78, 5) is 37.0. The van der Waals surface area contributed by atoms with E-state index in [-0.39, 0.29) is 36.7 Å². The van der Waals surface area contributed by atoms with Crippen LogP contribution in [0.2, 0.25) is 0 Å². The average Bonchev–Trinajstić information content (AvgIpc) is 3.44. The van der Waals surface area contributed by atoms with Gasteiger partial charge in [0.15, 0.2) is 0 Å². The Morgan fingerprint density at radius 3 is 2.58 bits per heavy atom. The van der Waals surface area contributed by atoms with Crippen LogP contribution in [0.4, 0.5) is 0 Å². The maximum absolute atomic E-state index is 12.4. The van der Waals surface area contributed by atoms with E-state index in [9.17, 15) is 14.4 Å². The van der Waals surface area contributed by atoms with Crippen molar-refractivity contribution in [1.82, 2.24) is 20.9 Å². The topological polar surface area (TPSA) is 90.5 Å². The minimum atomic E-state index is -0.144. The summed E-state index contributed by atoms with van der Waals surface area (Å²) in [5.74, 6) is 0.452. The number of piperazine rings is 1. The lowest BCUT2D eigenvalue weighted by molar-refractivity contribution is -0.123. The van der Waals surface area contributed by atoms with Crippen LogP contribution >= 0.6 is 12.4 Å². The highest BCUT2D eigenvalue weighted by Crippen LogP contribution is 2.27. The highest BCUT2D eigenvalue weighted by atomic mass is 35.5. The third-order valence-electron chi connectivity index (χ3n) is 4.43. The fourth-order valence-electron chi connectivity index (χ4n) is 2.73. The quantitative estimate of drug-likeness (QED) is 0.634. The van der Waals surface area contributed by atoms with E-state index >= 15 is 0 Å². The van der Waals surface area contributed by atoms with Crippen molar-refractivity contribution in [1.29, 1.82) is 0 Å². The molecule has 3 rings (SSSR count). The molecule has 2 fully saturated rings.